The van der Waals surface area contributed by atoms with Crippen LogP contribution in [-0.2, 0) is 16.1 Å². The molecule has 0 unspecified atom stereocenters. The molecule has 0 aliphatic heterocycles. The van der Waals surface area contributed by atoms with Gasteiger partial charge in [0.2, 0.25) is 0 Å². The van der Waals surface area contributed by atoms with Crippen molar-refractivity contribution in [3.63, 3.8) is 0 Å². The monoisotopic (exact) mass is 510 g/mol. The molecule has 37 heavy (non-hydrogen) atoms. The van der Waals surface area contributed by atoms with Gasteiger partial charge in [0.05, 0.1) is 5.56 Å². The number of likely N-dealkylation sites (N-methyl/N-ethyl adjacent to an activating group) is 1. The van der Waals surface area contributed by atoms with Gasteiger partial charge in [-0.3, -0.25) is 10.2 Å². The molecule has 0 fully saturated rings. The number of nitrogens with one attached hydrogen (secondary N) is 2. The maximum Gasteiger partial charge on any atom is 0.254 e. The van der Waals surface area contributed by atoms with E-state index in [0.29, 0.717) is 35.6 Å². The number of nitrogens with zero attached hydrogens (tertiary/aromatic N) is 1. The molecule has 1 atom stereocenters. The first-order chi connectivity index (χ1) is 17.7. The minimum absolute atomic E-state index is 0.0656. The molecule has 9 heteroatoms. The predicted molar refractivity (Wildman–Crippen MR) is 140 cm³/mol. The Morgan fingerprint density at radius 3 is 2.32 bits per heavy atom. The molecule has 4 N–H and O–H groups in total. The van der Waals surface area contributed by atoms with Crippen molar-refractivity contribution in [2.75, 3.05) is 33.9 Å². The number of nitrogen functional groups attached to an aromatic ring is 1. The van der Waals surface area contributed by atoms with Gasteiger partial charge in [-0.05, 0) is 50.3 Å². The molecule has 7 nitrogen and oxygen atoms in total. The lowest BCUT2D eigenvalue weighted by atomic mass is 9.99. The van der Waals surface area contributed by atoms with Crippen molar-refractivity contribution < 1.29 is 23.0 Å². The van der Waals surface area contributed by atoms with Crippen LogP contribution in [0.3, 0.4) is 0 Å². The first kappa shape index (κ1) is 27.8. The number of hydrogen-bond acceptors (Lipinski definition) is 5. The third-order valence-corrected chi connectivity index (χ3v) is 5.64. The normalized spacial score (nSPS) is 11.8. The van der Waals surface area contributed by atoms with E-state index in [-0.39, 0.29) is 19.0 Å². The van der Waals surface area contributed by atoms with Gasteiger partial charge in [-0.15, -0.1) is 0 Å². The molecule has 3 rings (SSSR count). The van der Waals surface area contributed by atoms with E-state index >= 15 is 8.78 Å². The maximum absolute atomic E-state index is 15.3. The standard InChI is InChI=1S/C28H32F2N4O3/c1-4-36-26(28(35)33-17-18-9-11-19(12-10-18)27(31)32)25-22(29)15-20(16-23(25)30)21-7-5-6-8-24(21)37-14-13-34(2)3/h5-12,15-16,26H,4,13-14,17H2,1-3H3,(H3,31,32)(H,33,35)/t26-/m0/s1. The summed E-state index contributed by atoms with van der Waals surface area (Å²) in [4.78, 5) is 14.9. The smallest absolute Gasteiger partial charge is 0.254 e. The number of ether oxygens (including phenoxy) is 2. The second-order valence-corrected chi connectivity index (χ2v) is 8.67. The largest absolute Gasteiger partial charge is 0.492 e. The van der Waals surface area contributed by atoms with Crippen molar-refractivity contribution in [2.24, 2.45) is 5.73 Å². The molecule has 0 bridgehead atoms. The molecular weight excluding hydrogens is 478 g/mol. The molecular formula is C28H32F2N4O3. The Kier molecular flexibility index (Phi) is 9.71. The SMILES string of the molecule is CCO[C@H](C(=O)NCc1ccc(C(=N)N)cc1)c1c(F)cc(-c2ccccc2OCCN(C)C)cc1F. The summed E-state index contributed by atoms with van der Waals surface area (Å²) in [7, 11) is 3.85. The Balaban J connectivity index is 1.82. The van der Waals surface area contributed by atoms with Gasteiger partial charge in [0, 0.05) is 30.8 Å². The van der Waals surface area contributed by atoms with E-state index in [1.807, 2.05) is 19.0 Å². The second kappa shape index (κ2) is 12.9. The summed E-state index contributed by atoms with van der Waals surface area (Å²) in [6.07, 6.45) is -1.47. The van der Waals surface area contributed by atoms with Crippen LogP contribution < -0.4 is 15.8 Å². The number of carbonyl (C=O) groups excluding carboxylic acids is 1. The van der Waals surface area contributed by atoms with Gasteiger partial charge >= 0.3 is 0 Å². The lowest BCUT2D eigenvalue weighted by molar-refractivity contribution is -0.133. The number of hydrogen-bond donors (Lipinski definition) is 3. The minimum Gasteiger partial charge on any atom is -0.492 e. The Hall–Kier alpha value is -3.82. The average molecular weight is 511 g/mol. The Labute approximate surface area is 215 Å². The first-order valence-electron chi connectivity index (χ1n) is 11.9. The highest BCUT2D eigenvalue weighted by Gasteiger charge is 2.28. The van der Waals surface area contributed by atoms with Crippen LogP contribution in [0.1, 0.15) is 29.7 Å². The summed E-state index contributed by atoms with van der Waals surface area (Å²) in [6.45, 7) is 2.93. The first-order valence-corrected chi connectivity index (χ1v) is 11.9. The van der Waals surface area contributed by atoms with Crippen LogP contribution in [0.2, 0.25) is 0 Å². The van der Waals surface area contributed by atoms with E-state index in [1.165, 1.54) is 12.1 Å². The van der Waals surface area contributed by atoms with Crippen LogP contribution in [0, 0.1) is 17.0 Å². The Morgan fingerprint density at radius 1 is 1.08 bits per heavy atom. The summed E-state index contributed by atoms with van der Waals surface area (Å²) < 4.78 is 42.0. The van der Waals surface area contributed by atoms with Crippen LogP contribution in [0.25, 0.3) is 11.1 Å². The van der Waals surface area contributed by atoms with Gasteiger partial charge in [0.25, 0.3) is 5.91 Å². The van der Waals surface area contributed by atoms with Crippen LogP contribution in [-0.4, -0.2) is 50.5 Å². The zero-order chi connectivity index (χ0) is 26.9. The summed E-state index contributed by atoms with van der Waals surface area (Å²) in [5.41, 5.74) is 7.12. The Bertz CT molecular complexity index is 1210. The van der Waals surface area contributed by atoms with Gasteiger partial charge < -0.3 is 25.4 Å². The van der Waals surface area contributed by atoms with Crippen LogP contribution in [0.5, 0.6) is 5.75 Å². The van der Waals surface area contributed by atoms with E-state index in [1.54, 1.807) is 55.5 Å². The molecule has 0 spiro atoms. The molecule has 0 saturated heterocycles. The number of amides is 1. The van der Waals surface area contributed by atoms with Crippen molar-refractivity contribution in [3.05, 3.63) is 89.0 Å². The molecule has 196 valence electrons. The predicted octanol–water partition coefficient (Wildman–Crippen LogP) is 4.25. The summed E-state index contributed by atoms with van der Waals surface area (Å²) in [5, 5.41) is 10.1. The summed E-state index contributed by atoms with van der Waals surface area (Å²) in [5.74, 6) is -2.01. The fourth-order valence-corrected chi connectivity index (χ4v) is 3.70. The van der Waals surface area contributed by atoms with E-state index in [0.717, 1.165) is 5.56 Å². The highest BCUT2D eigenvalue weighted by Crippen LogP contribution is 2.34. The quantitative estimate of drug-likeness (QED) is 0.250. The lowest BCUT2D eigenvalue weighted by Crippen LogP contribution is -2.31. The lowest BCUT2D eigenvalue weighted by Gasteiger charge is -2.20. The van der Waals surface area contributed by atoms with E-state index in [4.69, 9.17) is 20.6 Å². The topological polar surface area (TPSA) is 101 Å². The third-order valence-electron chi connectivity index (χ3n) is 5.64. The molecule has 0 aliphatic rings. The highest BCUT2D eigenvalue weighted by atomic mass is 19.1. The van der Waals surface area contributed by atoms with Crippen LogP contribution >= 0.6 is 0 Å². The van der Waals surface area contributed by atoms with Gasteiger partial charge in [0.1, 0.15) is 29.8 Å². The molecule has 0 heterocycles. The second-order valence-electron chi connectivity index (χ2n) is 8.67. The maximum atomic E-state index is 15.3. The number of rotatable bonds is 12. The summed E-state index contributed by atoms with van der Waals surface area (Å²) >= 11 is 0. The third kappa shape index (κ3) is 7.34. The minimum atomic E-state index is -1.47. The van der Waals surface area contributed by atoms with Gasteiger partial charge in [-0.2, -0.15) is 0 Å². The van der Waals surface area contributed by atoms with Crippen LogP contribution in [0.4, 0.5) is 8.78 Å². The van der Waals surface area contributed by atoms with Gasteiger partial charge in [-0.25, -0.2) is 8.78 Å². The fourth-order valence-electron chi connectivity index (χ4n) is 3.70. The zero-order valence-corrected chi connectivity index (χ0v) is 21.2. The number of para-hydroxylation sites is 1. The Morgan fingerprint density at radius 2 is 1.73 bits per heavy atom. The van der Waals surface area contributed by atoms with Crippen molar-refractivity contribution in [2.45, 2.75) is 19.6 Å². The summed E-state index contributed by atoms with van der Waals surface area (Å²) in [6, 6.07) is 16.1. The number of carbonyl (C=O) groups is 1. The number of benzene rings is 3. The van der Waals surface area contributed by atoms with Crippen molar-refractivity contribution in [1.29, 1.82) is 5.41 Å². The molecule has 3 aromatic rings. The molecule has 1 amide bonds. The van der Waals surface area contributed by atoms with Crippen molar-refractivity contribution in [3.8, 4) is 16.9 Å². The van der Waals surface area contributed by atoms with Crippen LogP contribution in [0.15, 0.2) is 60.7 Å². The molecule has 0 saturated carbocycles. The van der Waals surface area contributed by atoms with E-state index in [9.17, 15) is 4.79 Å². The molecule has 0 aromatic heterocycles. The van der Waals surface area contributed by atoms with Gasteiger partial charge in [0.15, 0.2) is 6.10 Å². The van der Waals surface area contributed by atoms with E-state index < -0.39 is 29.2 Å². The van der Waals surface area contributed by atoms with Crippen molar-refractivity contribution in [1.82, 2.24) is 10.2 Å². The zero-order valence-electron chi connectivity index (χ0n) is 21.2. The molecule has 0 aliphatic carbocycles. The number of amidine groups is 1. The average Bonchev–Trinajstić information content (AvgIpc) is 2.86. The molecule has 0 radical (unpaired) electrons. The van der Waals surface area contributed by atoms with E-state index in [2.05, 4.69) is 5.32 Å². The fraction of sp³-hybridized carbons (Fsp3) is 0.286. The van der Waals surface area contributed by atoms with Gasteiger partial charge in [-0.1, -0.05) is 42.5 Å². The number of nitrogens with two attached hydrogens (primary N) is 1. The number of halogens is 2. The molecule has 3 aromatic carbocycles. The highest BCUT2D eigenvalue weighted by molar-refractivity contribution is 5.94. The van der Waals surface area contributed by atoms with Crippen molar-refractivity contribution >= 4 is 11.7 Å².